The molecular weight excluding hydrogens is 356 g/mol. The number of fused-ring (bicyclic) bond motifs is 3. The highest BCUT2D eigenvalue weighted by atomic mass is 32.2. The Kier molecular flexibility index (Phi) is 4.73. The van der Waals surface area contributed by atoms with Gasteiger partial charge in [-0.05, 0) is 45.0 Å². The number of ether oxygens (including phenoxy) is 3. The zero-order valence-corrected chi connectivity index (χ0v) is 16.0. The summed E-state index contributed by atoms with van der Waals surface area (Å²) in [5.74, 6) is 0.708. The van der Waals surface area contributed by atoms with Crippen LogP contribution in [0.2, 0.25) is 0 Å². The Morgan fingerprint density at radius 1 is 1.27 bits per heavy atom. The predicted octanol–water partition coefficient (Wildman–Crippen LogP) is 1.30. The summed E-state index contributed by atoms with van der Waals surface area (Å²) in [4.78, 5) is 2.56. The number of rotatable bonds is 6. The molecule has 1 aromatic rings. The summed E-state index contributed by atoms with van der Waals surface area (Å²) in [5.41, 5.74) is 0.445. The normalized spacial score (nSPS) is 27.3. The first kappa shape index (κ1) is 18.2. The average Bonchev–Trinajstić information content (AvgIpc) is 3.41. The van der Waals surface area contributed by atoms with Crippen molar-refractivity contribution in [1.29, 1.82) is 0 Å². The molecule has 2 fully saturated rings. The third-order valence-corrected chi connectivity index (χ3v) is 6.65. The molecule has 0 aliphatic carbocycles. The van der Waals surface area contributed by atoms with Crippen molar-refractivity contribution in [1.82, 2.24) is 9.62 Å². The number of benzene rings is 1. The van der Waals surface area contributed by atoms with Crippen LogP contribution >= 0.6 is 0 Å². The minimum atomic E-state index is -3.53. The van der Waals surface area contributed by atoms with Gasteiger partial charge < -0.3 is 14.2 Å². The van der Waals surface area contributed by atoms with Gasteiger partial charge in [-0.15, -0.1) is 0 Å². The average molecular weight is 382 g/mol. The zero-order valence-electron chi connectivity index (χ0n) is 15.2. The summed E-state index contributed by atoms with van der Waals surface area (Å²) >= 11 is 0. The van der Waals surface area contributed by atoms with E-state index in [1.807, 2.05) is 13.8 Å². The van der Waals surface area contributed by atoms with Gasteiger partial charge in [0, 0.05) is 25.2 Å². The summed E-state index contributed by atoms with van der Waals surface area (Å²) in [6, 6.07) is 5.01. The van der Waals surface area contributed by atoms with Crippen LogP contribution in [-0.2, 0) is 19.5 Å². The lowest BCUT2D eigenvalue weighted by molar-refractivity contribution is 0.0376. The number of hydrogen-bond donors (Lipinski definition) is 1. The van der Waals surface area contributed by atoms with Gasteiger partial charge in [0.05, 0.1) is 18.1 Å². The van der Waals surface area contributed by atoms with Crippen molar-refractivity contribution >= 4 is 10.0 Å². The smallest absolute Gasteiger partial charge is 0.240 e. The van der Waals surface area contributed by atoms with Gasteiger partial charge in [0.25, 0.3) is 0 Å². The van der Waals surface area contributed by atoms with Crippen molar-refractivity contribution in [2.24, 2.45) is 0 Å². The highest BCUT2D eigenvalue weighted by Crippen LogP contribution is 2.53. The molecule has 0 bridgehead atoms. The maximum absolute atomic E-state index is 12.6. The van der Waals surface area contributed by atoms with Crippen LogP contribution in [0.1, 0.15) is 31.9 Å². The topological polar surface area (TPSA) is 80.4 Å². The molecule has 0 spiro atoms. The van der Waals surface area contributed by atoms with E-state index in [0.717, 1.165) is 44.8 Å². The number of nitrogens with zero attached hydrogens (tertiary/aromatic N) is 1. The van der Waals surface area contributed by atoms with E-state index in [4.69, 9.17) is 14.2 Å². The number of nitrogens with one attached hydrogen (secondary N) is 1. The maximum atomic E-state index is 12.6. The van der Waals surface area contributed by atoms with Crippen LogP contribution in [0.4, 0.5) is 0 Å². The summed E-state index contributed by atoms with van der Waals surface area (Å²) in [5, 5.41) is 0. The predicted molar refractivity (Wildman–Crippen MR) is 95.8 cm³/mol. The largest absolute Gasteiger partial charge is 0.485 e. The van der Waals surface area contributed by atoms with E-state index >= 15 is 0 Å². The molecule has 0 radical (unpaired) electrons. The van der Waals surface area contributed by atoms with Crippen LogP contribution in [0, 0.1) is 0 Å². The molecule has 2 unspecified atom stereocenters. The molecule has 7 nitrogen and oxygen atoms in total. The Morgan fingerprint density at radius 2 is 2.04 bits per heavy atom. The van der Waals surface area contributed by atoms with Crippen molar-refractivity contribution in [3.63, 3.8) is 0 Å². The Labute approximate surface area is 154 Å². The third-order valence-electron chi connectivity index (χ3n) is 5.19. The lowest BCUT2D eigenvalue weighted by Crippen LogP contribution is -2.38. The fourth-order valence-electron chi connectivity index (χ4n) is 3.65. The molecule has 144 valence electrons. The van der Waals surface area contributed by atoms with Crippen LogP contribution in [-0.4, -0.2) is 64.4 Å². The van der Waals surface area contributed by atoms with E-state index < -0.39 is 10.0 Å². The Hall–Kier alpha value is -1.19. The molecule has 0 saturated carbocycles. The summed E-state index contributed by atoms with van der Waals surface area (Å²) < 4.78 is 44.8. The first-order valence-electron chi connectivity index (χ1n) is 9.15. The van der Waals surface area contributed by atoms with Crippen molar-refractivity contribution in [3.8, 4) is 5.75 Å². The number of sulfonamides is 1. The lowest BCUT2D eigenvalue weighted by atomic mass is 9.94. The molecule has 8 heteroatoms. The molecule has 3 heterocycles. The lowest BCUT2D eigenvalue weighted by Gasteiger charge is -2.29. The van der Waals surface area contributed by atoms with Crippen molar-refractivity contribution in [2.75, 3.05) is 39.4 Å². The highest BCUT2D eigenvalue weighted by molar-refractivity contribution is 7.89. The molecule has 1 N–H and O–H groups in total. The van der Waals surface area contributed by atoms with Gasteiger partial charge in [-0.3, -0.25) is 4.90 Å². The number of hydrogen-bond acceptors (Lipinski definition) is 6. The second-order valence-corrected chi connectivity index (χ2v) is 9.35. The summed E-state index contributed by atoms with van der Waals surface area (Å²) in [6.45, 7) is 8.60. The molecule has 26 heavy (non-hydrogen) atoms. The van der Waals surface area contributed by atoms with Gasteiger partial charge in [0.2, 0.25) is 10.0 Å². The minimum Gasteiger partial charge on any atom is -0.485 e. The molecule has 4 rings (SSSR count). The van der Waals surface area contributed by atoms with Crippen LogP contribution < -0.4 is 9.46 Å². The highest BCUT2D eigenvalue weighted by Gasteiger charge is 2.56. The van der Waals surface area contributed by atoms with E-state index in [0.29, 0.717) is 12.3 Å². The zero-order chi connectivity index (χ0) is 18.4. The van der Waals surface area contributed by atoms with Crippen molar-refractivity contribution < 1.29 is 22.6 Å². The molecular formula is C18H26N2O5S. The quantitative estimate of drug-likeness (QED) is 0.590. The van der Waals surface area contributed by atoms with Crippen molar-refractivity contribution in [2.45, 2.75) is 43.0 Å². The van der Waals surface area contributed by atoms with E-state index in [9.17, 15) is 8.42 Å². The van der Waals surface area contributed by atoms with Gasteiger partial charge in [0.15, 0.2) is 0 Å². The van der Waals surface area contributed by atoms with Crippen LogP contribution in [0.25, 0.3) is 0 Å². The fraction of sp³-hybridized carbons (Fsp3) is 0.667. The summed E-state index contributed by atoms with van der Waals surface area (Å²) in [7, 11) is -3.53. The monoisotopic (exact) mass is 382 g/mol. The van der Waals surface area contributed by atoms with E-state index in [1.165, 1.54) is 0 Å². The number of morpholine rings is 1. The number of epoxide rings is 1. The molecule has 2 saturated heterocycles. The van der Waals surface area contributed by atoms with E-state index in [2.05, 4.69) is 9.62 Å². The fourth-order valence-corrected chi connectivity index (χ4v) is 4.75. The molecule has 2 atom stereocenters. The van der Waals surface area contributed by atoms with Crippen molar-refractivity contribution in [3.05, 3.63) is 23.8 Å². The summed E-state index contributed by atoms with van der Waals surface area (Å²) in [6.07, 6.45) is 0.703. The molecule has 3 aliphatic rings. The minimum absolute atomic E-state index is 0.00515. The molecule has 0 amide bonds. The van der Waals surface area contributed by atoms with E-state index in [-0.39, 0.29) is 22.7 Å². The molecule has 1 aromatic carbocycles. The second kappa shape index (κ2) is 6.76. The second-order valence-electron chi connectivity index (χ2n) is 7.59. The molecule has 3 aliphatic heterocycles. The van der Waals surface area contributed by atoms with Crippen LogP contribution in [0.3, 0.4) is 0 Å². The Balaban J connectivity index is 1.37. The van der Waals surface area contributed by atoms with Gasteiger partial charge in [-0.25, -0.2) is 13.1 Å². The first-order valence-corrected chi connectivity index (χ1v) is 10.6. The standard InChI is InChI=1S/C18H26N2O5S/c1-18(2)17-16(24-17)14-12-13(4-5-15(14)25-18)26(21,22)19-6-3-7-20-8-10-23-11-9-20/h4-5,12,16-17,19H,3,6-11H2,1-2H3. The Morgan fingerprint density at radius 3 is 2.81 bits per heavy atom. The van der Waals surface area contributed by atoms with E-state index in [1.54, 1.807) is 18.2 Å². The SMILES string of the molecule is CC1(C)Oc2ccc(S(=O)(=O)NCCCN3CCOCC3)cc2C2OC21. The van der Waals surface area contributed by atoms with Gasteiger partial charge in [-0.2, -0.15) is 0 Å². The van der Waals surface area contributed by atoms with Gasteiger partial charge >= 0.3 is 0 Å². The third kappa shape index (κ3) is 3.61. The molecule has 0 aromatic heterocycles. The maximum Gasteiger partial charge on any atom is 0.240 e. The Bertz CT molecular complexity index is 774. The first-order chi connectivity index (χ1) is 12.4. The van der Waals surface area contributed by atoms with Crippen LogP contribution in [0.15, 0.2) is 23.1 Å². The van der Waals surface area contributed by atoms with Gasteiger partial charge in [-0.1, -0.05) is 0 Å². The van der Waals surface area contributed by atoms with Crippen LogP contribution in [0.5, 0.6) is 5.75 Å². The van der Waals surface area contributed by atoms with Gasteiger partial charge in [0.1, 0.15) is 23.6 Å².